The molecule has 1 amide bonds. The van der Waals surface area contributed by atoms with E-state index in [1.165, 1.54) is 11.4 Å². The zero-order valence-corrected chi connectivity index (χ0v) is 21.3. The number of benzene rings is 3. The molecule has 0 spiro atoms. The number of anilines is 1. The summed E-state index contributed by atoms with van der Waals surface area (Å²) in [5.41, 5.74) is 2.90. The van der Waals surface area contributed by atoms with E-state index in [1.54, 1.807) is 66.5 Å². The third-order valence-corrected chi connectivity index (χ3v) is 8.25. The lowest BCUT2D eigenvalue weighted by Crippen LogP contribution is -2.27. The van der Waals surface area contributed by atoms with Crippen LogP contribution in [-0.2, 0) is 16.6 Å². The van der Waals surface area contributed by atoms with Gasteiger partial charge in [-0.15, -0.1) is 11.8 Å². The predicted octanol–water partition coefficient (Wildman–Crippen LogP) is 4.66. The third kappa shape index (κ3) is 5.41. The van der Waals surface area contributed by atoms with E-state index < -0.39 is 10.0 Å². The summed E-state index contributed by atoms with van der Waals surface area (Å²) in [7, 11) is -2.20. The fourth-order valence-electron chi connectivity index (χ4n) is 3.58. The molecule has 35 heavy (non-hydrogen) atoms. The number of carbonyl (C=O) groups excluding carboxylic acids is 1. The van der Waals surface area contributed by atoms with Gasteiger partial charge in [0.2, 0.25) is 0 Å². The van der Waals surface area contributed by atoms with Crippen molar-refractivity contribution in [2.45, 2.75) is 23.3 Å². The number of rotatable bonds is 8. The van der Waals surface area contributed by atoms with Crippen molar-refractivity contribution in [3.05, 3.63) is 102 Å². The second-order valence-corrected chi connectivity index (χ2v) is 10.7. The van der Waals surface area contributed by atoms with Gasteiger partial charge in [0.1, 0.15) is 5.82 Å². The Morgan fingerprint density at radius 2 is 1.66 bits per heavy atom. The molecule has 0 aliphatic rings. The van der Waals surface area contributed by atoms with Crippen LogP contribution in [0, 0.1) is 6.92 Å². The van der Waals surface area contributed by atoms with Crippen molar-refractivity contribution in [1.29, 1.82) is 0 Å². The Bertz CT molecular complexity index is 1410. The van der Waals surface area contributed by atoms with Crippen LogP contribution in [0.25, 0.3) is 5.69 Å². The highest BCUT2D eigenvalue weighted by Crippen LogP contribution is 2.24. The standard InChI is InChI=1S/C26H26N4O3S2/c1-19-27-16-17-30(19)23-8-4-20(5-9-23)18-28-26(31)21-6-10-22(11-7-21)29(2)35(32,33)25-14-12-24(34-3)13-15-25/h4-17H,18H2,1-3H3,(H,28,31). The molecule has 1 N–H and O–H groups in total. The number of nitrogens with zero attached hydrogens (tertiary/aromatic N) is 3. The lowest BCUT2D eigenvalue weighted by atomic mass is 10.1. The third-order valence-electron chi connectivity index (χ3n) is 5.70. The molecule has 0 saturated heterocycles. The lowest BCUT2D eigenvalue weighted by molar-refractivity contribution is 0.0951. The summed E-state index contributed by atoms with van der Waals surface area (Å²) in [4.78, 5) is 18.1. The highest BCUT2D eigenvalue weighted by Gasteiger charge is 2.21. The van der Waals surface area contributed by atoms with Crippen molar-refractivity contribution in [2.24, 2.45) is 0 Å². The van der Waals surface area contributed by atoms with Gasteiger partial charge in [0.15, 0.2) is 0 Å². The van der Waals surface area contributed by atoms with Crippen LogP contribution in [0.2, 0.25) is 0 Å². The van der Waals surface area contributed by atoms with Gasteiger partial charge in [-0.25, -0.2) is 13.4 Å². The molecular weight excluding hydrogens is 480 g/mol. The normalized spacial score (nSPS) is 11.3. The summed E-state index contributed by atoms with van der Waals surface area (Å²) in [6, 6.07) is 21.2. The van der Waals surface area contributed by atoms with Crippen LogP contribution >= 0.6 is 11.8 Å². The molecule has 3 aromatic carbocycles. The predicted molar refractivity (Wildman–Crippen MR) is 140 cm³/mol. The Morgan fingerprint density at radius 3 is 2.23 bits per heavy atom. The van der Waals surface area contributed by atoms with Gasteiger partial charge in [0, 0.05) is 42.1 Å². The Kier molecular flexibility index (Phi) is 7.28. The molecule has 9 heteroatoms. The van der Waals surface area contributed by atoms with Gasteiger partial charge < -0.3 is 9.88 Å². The quantitative estimate of drug-likeness (QED) is 0.352. The first kappa shape index (κ1) is 24.6. The summed E-state index contributed by atoms with van der Waals surface area (Å²) in [5, 5.41) is 2.90. The highest BCUT2D eigenvalue weighted by molar-refractivity contribution is 7.98. The maximum atomic E-state index is 13.0. The second-order valence-electron chi connectivity index (χ2n) is 7.89. The molecule has 0 atom stereocenters. The maximum absolute atomic E-state index is 13.0. The minimum Gasteiger partial charge on any atom is -0.348 e. The summed E-state index contributed by atoms with van der Waals surface area (Å²) in [5.74, 6) is 0.672. The minimum absolute atomic E-state index is 0.217. The molecule has 180 valence electrons. The van der Waals surface area contributed by atoms with E-state index in [9.17, 15) is 13.2 Å². The van der Waals surface area contributed by atoms with Crippen molar-refractivity contribution in [3.63, 3.8) is 0 Å². The smallest absolute Gasteiger partial charge is 0.264 e. The van der Waals surface area contributed by atoms with Gasteiger partial charge in [0.05, 0.1) is 10.6 Å². The minimum atomic E-state index is -3.70. The van der Waals surface area contributed by atoms with E-state index in [0.29, 0.717) is 17.8 Å². The van der Waals surface area contributed by atoms with Crippen molar-refractivity contribution in [2.75, 3.05) is 17.6 Å². The SMILES string of the molecule is CSc1ccc(S(=O)(=O)N(C)c2ccc(C(=O)NCc3ccc(-n4ccnc4C)cc3)cc2)cc1. The number of aromatic nitrogens is 2. The summed E-state index contributed by atoms with van der Waals surface area (Å²) < 4.78 is 29.1. The van der Waals surface area contributed by atoms with Gasteiger partial charge in [-0.05, 0) is 79.4 Å². The molecular formula is C26H26N4O3S2. The average Bonchev–Trinajstić information content (AvgIpc) is 3.33. The van der Waals surface area contributed by atoms with Crippen LogP contribution in [0.3, 0.4) is 0 Å². The first-order valence-corrected chi connectivity index (χ1v) is 13.6. The van der Waals surface area contributed by atoms with Crippen LogP contribution in [0.5, 0.6) is 0 Å². The monoisotopic (exact) mass is 506 g/mol. The number of nitrogens with one attached hydrogen (secondary N) is 1. The first-order valence-electron chi connectivity index (χ1n) is 10.9. The van der Waals surface area contributed by atoms with Crippen molar-refractivity contribution >= 4 is 33.4 Å². The van der Waals surface area contributed by atoms with Crippen LogP contribution < -0.4 is 9.62 Å². The molecule has 0 aliphatic heterocycles. The number of hydrogen-bond acceptors (Lipinski definition) is 5. The molecule has 0 bridgehead atoms. The fraction of sp³-hybridized carbons (Fsp3) is 0.154. The molecule has 1 heterocycles. The molecule has 4 aromatic rings. The first-order chi connectivity index (χ1) is 16.8. The van der Waals surface area contributed by atoms with Gasteiger partial charge in [-0.3, -0.25) is 9.10 Å². The Hall–Kier alpha value is -3.56. The molecule has 0 unspecified atom stereocenters. The molecule has 1 aromatic heterocycles. The highest BCUT2D eigenvalue weighted by atomic mass is 32.2. The van der Waals surface area contributed by atoms with Gasteiger partial charge in [-0.2, -0.15) is 0 Å². The number of hydrogen-bond donors (Lipinski definition) is 1. The molecule has 0 aliphatic carbocycles. The topological polar surface area (TPSA) is 84.3 Å². The van der Waals surface area contributed by atoms with E-state index in [0.717, 1.165) is 22.0 Å². The number of amides is 1. The Labute approximate surface area is 209 Å². The van der Waals surface area contributed by atoms with Gasteiger partial charge >= 0.3 is 0 Å². The van der Waals surface area contributed by atoms with Crippen molar-refractivity contribution < 1.29 is 13.2 Å². The van der Waals surface area contributed by atoms with Crippen molar-refractivity contribution in [1.82, 2.24) is 14.9 Å². The number of sulfonamides is 1. The summed E-state index contributed by atoms with van der Waals surface area (Å²) in [6.45, 7) is 2.32. The number of thioether (sulfide) groups is 1. The maximum Gasteiger partial charge on any atom is 0.264 e. The zero-order valence-electron chi connectivity index (χ0n) is 19.7. The fourth-order valence-corrected chi connectivity index (χ4v) is 5.18. The van der Waals surface area contributed by atoms with Crippen LogP contribution in [0.15, 0.2) is 95.0 Å². The van der Waals surface area contributed by atoms with E-state index in [2.05, 4.69) is 10.3 Å². The Morgan fingerprint density at radius 1 is 1.00 bits per heavy atom. The Balaban J connectivity index is 1.39. The zero-order chi connectivity index (χ0) is 25.0. The number of imidazole rings is 1. The van der Waals surface area contributed by atoms with E-state index >= 15 is 0 Å². The van der Waals surface area contributed by atoms with E-state index in [1.807, 2.05) is 48.2 Å². The van der Waals surface area contributed by atoms with E-state index in [4.69, 9.17) is 0 Å². The molecule has 0 saturated carbocycles. The van der Waals surface area contributed by atoms with Crippen LogP contribution in [-0.4, -0.2) is 37.2 Å². The van der Waals surface area contributed by atoms with Crippen molar-refractivity contribution in [3.8, 4) is 5.69 Å². The number of carbonyl (C=O) groups is 1. The largest absolute Gasteiger partial charge is 0.348 e. The van der Waals surface area contributed by atoms with E-state index in [-0.39, 0.29) is 10.8 Å². The molecule has 4 rings (SSSR count). The lowest BCUT2D eigenvalue weighted by Gasteiger charge is -2.20. The number of aryl methyl sites for hydroxylation is 1. The molecule has 0 fully saturated rings. The molecule has 0 radical (unpaired) electrons. The average molecular weight is 507 g/mol. The van der Waals surface area contributed by atoms with Gasteiger partial charge in [0.25, 0.3) is 15.9 Å². The van der Waals surface area contributed by atoms with Crippen LogP contribution in [0.1, 0.15) is 21.7 Å². The van der Waals surface area contributed by atoms with Gasteiger partial charge in [-0.1, -0.05) is 12.1 Å². The molecule has 7 nitrogen and oxygen atoms in total. The summed E-state index contributed by atoms with van der Waals surface area (Å²) in [6.07, 6.45) is 5.59. The van der Waals surface area contributed by atoms with Crippen LogP contribution in [0.4, 0.5) is 5.69 Å². The second kappa shape index (κ2) is 10.4. The summed E-state index contributed by atoms with van der Waals surface area (Å²) >= 11 is 1.55.